The van der Waals surface area contributed by atoms with Gasteiger partial charge in [0.15, 0.2) is 0 Å². The van der Waals surface area contributed by atoms with Gasteiger partial charge in [-0.15, -0.1) is 5.56 Å². The van der Waals surface area contributed by atoms with Crippen molar-refractivity contribution >= 4 is 0 Å². The van der Waals surface area contributed by atoms with Gasteiger partial charge in [-0.25, -0.2) is 6.08 Å². The summed E-state index contributed by atoms with van der Waals surface area (Å²) in [5.41, 5.74) is 7.23. The van der Waals surface area contributed by atoms with Gasteiger partial charge in [0.2, 0.25) is 0 Å². The van der Waals surface area contributed by atoms with Crippen LogP contribution in [0.3, 0.4) is 0 Å². The van der Waals surface area contributed by atoms with Crippen LogP contribution in [0, 0.1) is 23.5 Å². The van der Waals surface area contributed by atoms with Crippen molar-refractivity contribution in [3.05, 3.63) is 83.5 Å². The Morgan fingerprint density at radius 3 is 2.33 bits per heavy atom. The van der Waals surface area contributed by atoms with Gasteiger partial charge in [0.25, 0.3) is 0 Å². The molecule has 2 aliphatic rings. The van der Waals surface area contributed by atoms with Gasteiger partial charge >= 0.3 is 26.2 Å². The fourth-order valence-electron chi connectivity index (χ4n) is 3.05. The van der Waals surface area contributed by atoms with E-state index in [4.69, 9.17) is 0 Å². The predicted molar refractivity (Wildman–Crippen MR) is 98.0 cm³/mol. The number of hydrogen-bond acceptors (Lipinski definition) is 0. The van der Waals surface area contributed by atoms with Gasteiger partial charge in [-0.2, -0.15) is 41.5 Å². The van der Waals surface area contributed by atoms with E-state index < -0.39 is 0 Å². The van der Waals surface area contributed by atoms with Gasteiger partial charge in [0.05, 0.1) is 0 Å². The van der Waals surface area contributed by atoms with Crippen molar-refractivity contribution < 1.29 is 26.2 Å². The summed E-state index contributed by atoms with van der Waals surface area (Å²) in [6.07, 6.45) is 8.70. The predicted octanol–water partition coefficient (Wildman–Crippen LogP) is 6.02. The van der Waals surface area contributed by atoms with Crippen LogP contribution in [0.5, 0.6) is 0 Å². The molecule has 0 nitrogen and oxygen atoms in total. The Morgan fingerprint density at radius 2 is 1.71 bits per heavy atom. The molecule has 0 N–H and O–H groups in total. The van der Waals surface area contributed by atoms with Crippen LogP contribution in [-0.2, 0) is 32.6 Å². The van der Waals surface area contributed by atoms with Crippen molar-refractivity contribution in [2.45, 2.75) is 34.1 Å². The molecule has 0 bridgehead atoms. The fourth-order valence-corrected chi connectivity index (χ4v) is 3.05. The zero-order valence-electron chi connectivity index (χ0n) is 15.0. The van der Waals surface area contributed by atoms with Crippen molar-refractivity contribution in [2.24, 2.45) is 11.3 Å². The van der Waals surface area contributed by atoms with E-state index in [0.29, 0.717) is 11.3 Å². The van der Waals surface area contributed by atoms with E-state index in [9.17, 15) is 0 Å². The van der Waals surface area contributed by atoms with Crippen LogP contribution >= 0.6 is 0 Å². The second-order valence-electron chi connectivity index (χ2n) is 7.37. The van der Waals surface area contributed by atoms with E-state index in [0.717, 1.165) is 6.42 Å². The van der Waals surface area contributed by atoms with Crippen LogP contribution < -0.4 is 0 Å². The summed E-state index contributed by atoms with van der Waals surface area (Å²) in [5.74, 6) is 0.522. The quantitative estimate of drug-likeness (QED) is 0.411. The van der Waals surface area contributed by atoms with Gasteiger partial charge in [-0.1, -0.05) is 74.4 Å². The van der Waals surface area contributed by atoms with E-state index in [1.54, 1.807) is 0 Å². The SMILES string of the molecule is CC1[C-]=CC(C(C)(C)C)=C1.[Zr+2].[c-]1cccc2c1Cc1ccccc1-2. The first-order chi connectivity index (χ1) is 10.9. The van der Waals surface area contributed by atoms with E-state index in [1.165, 1.54) is 27.8 Å². The molecule has 4 rings (SSSR count). The first kappa shape index (κ1) is 19.1. The zero-order chi connectivity index (χ0) is 16.4. The molecular weight excluding hydrogens is 367 g/mol. The van der Waals surface area contributed by atoms with Gasteiger partial charge in [0.1, 0.15) is 0 Å². The second-order valence-corrected chi connectivity index (χ2v) is 7.37. The third-order valence-electron chi connectivity index (χ3n) is 4.41. The molecule has 0 amide bonds. The summed E-state index contributed by atoms with van der Waals surface area (Å²) in [4.78, 5) is 0. The Bertz CT molecular complexity index is 716. The summed E-state index contributed by atoms with van der Waals surface area (Å²) in [7, 11) is 0. The van der Waals surface area contributed by atoms with E-state index in [2.05, 4.69) is 88.4 Å². The Morgan fingerprint density at radius 1 is 1.00 bits per heavy atom. The second kappa shape index (κ2) is 7.79. The van der Waals surface area contributed by atoms with Crippen molar-refractivity contribution in [3.63, 3.8) is 0 Å². The Balaban J connectivity index is 0.000000173. The van der Waals surface area contributed by atoms with E-state index in [-0.39, 0.29) is 26.2 Å². The molecule has 0 spiro atoms. The molecule has 0 aliphatic heterocycles. The first-order valence-electron chi connectivity index (χ1n) is 8.34. The maximum absolute atomic E-state index is 3.30. The number of fused-ring (bicyclic) bond motifs is 3. The van der Waals surface area contributed by atoms with Gasteiger partial charge < -0.3 is 0 Å². The molecule has 0 fully saturated rings. The Labute approximate surface area is 165 Å². The molecule has 120 valence electrons. The third kappa shape index (κ3) is 4.25. The van der Waals surface area contributed by atoms with Crippen molar-refractivity contribution in [1.29, 1.82) is 0 Å². The van der Waals surface area contributed by atoms with Gasteiger partial charge in [-0.05, 0) is 6.42 Å². The minimum absolute atomic E-state index is 0. The van der Waals surface area contributed by atoms with E-state index in [1.807, 2.05) is 6.07 Å². The average Bonchev–Trinajstić information content (AvgIpc) is 3.11. The number of hydrogen-bond donors (Lipinski definition) is 0. The van der Waals surface area contributed by atoms with Crippen molar-refractivity contribution in [3.8, 4) is 11.1 Å². The molecule has 0 saturated heterocycles. The van der Waals surface area contributed by atoms with Crippen LogP contribution in [0.25, 0.3) is 11.1 Å². The Hall–Kier alpha value is -1.20. The molecule has 1 heteroatoms. The normalized spacial score (nSPS) is 17.2. The first-order valence-corrected chi connectivity index (χ1v) is 8.34. The van der Waals surface area contributed by atoms with Crippen molar-refractivity contribution in [1.82, 2.24) is 0 Å². The zero-order valence-corrected chi connectivity index (χ0v) is 17.4. The van der Waals surface area contributed by atoms with E-state index >= 15 is 0 Å². The van der Waals surface area contributed by atoms with Gasteiger partial charge in [0, 0.05) is 0 Å². The van der Waals surface area contributed by atoms with Crippen LogP contribution in [0.4, 0.5) is 0 Å². The smallest absolute Gasteiger partial charge is 0.270 e. The standard InChI is InChI=1S/C13H9.C10H15.Zr/c1-3-7-12-10(5-1)9-11-6-2-4-8-13(11)12;1-8-5-6-9(7-8)10(2,3)4;/h1-5,7-8H,9H2;6-8H,1-4H3;/q2*-1;+2. The minimum Gasteiger partial charge on any atom is -0.270 e. The topological polar surface area (TPSA) is 0 Å². The summed E-state index contributed by atoms with van der Waals surface area (Å²) >= 11 is 0. The molecule has 0 heterocycles. The third-order valence-corrected chi connectivity index (χ3v) is 4.41. The number of allylic oxidation sites excluding steroid dienone is 4. The molecule has 2 aromatic rings. The average molecular weight is 392 g/mol. The van der Waals surface area contributed by atoms with Crippen molar-refractivity contribution in [2.75, 3.05) is 0 Å². The minimum atomic E-state index is 0. The molecule has 0 radical (unpaired) electrons. The molecule has 1 unspecified atom stereocenters. The van der Waals surface area contributed by atoms with Crippen LogP contribution in [-0.4, -0.2) is 0 Å². The molecular formula is C23H24Zr. The summed E-state index contributed by atoms with van der Waals surface area (Å²) in [6.45, 7) is 8.86. The molecule has 1 atom stereocenters. The molecule has 0 saturated carbocycles. The number of rotatable bonds is 0. The molecule has 2 aromatic carbocycles. The molecule has 0 aromatic heterocycles. The molecule has 2 aliphatic carbocycles. The maximum atomic E-state index is 3.30. The van der Waals surface area contributed by atoms with Crippen LogP contribution in [0.15, 0.2) is 60.2 Å². The summed E-state index contributed by atoms with van der Waals surface area (Å²) in [6, 6.07) is 18.1. The number of benzene rings is 2. The Kier molecular flexibility index (Phi) is 6.21. The molecule has 24 heavy (non-hydrogen) atoms. The summed E-state index contributed by atoms with van der Waals surface area (Å²) < 4.78 is 0. The van der Waals surface area contributed by atoms with Crippen LogP contribution in [0.2, 0.25) is 0 Å². The van der Waals surface area contributed by atoms with Crippen LogP contribution in [0.1, 0.15) is 38.8 Å². The largest absolute Gasteiger partial charge is 2.00 e. The fraction of sp³-hybridized carbons (Fsp3) is 0.304. The monoisotopic (exact) mass is 390 g/mol. The maximum Gasteiger partial charge on any atom is 2.00 e. The summed E-state index contributed by atoms with van der Waals surface area (Å²) in [5, 5.41) is 0. The van der Waals surface area contributed by atoms with Gasteiger partial charge in [-0.3, -0.25) is 6.08 Å².